The molecule has 0 aliphatic heterocycles. The summed E-state index contributed by atoms with van der Waals surface area (Å²) in [6, 6.07) is 3.81. The molecule has 0 fully saturated rings. The molecule has 0 radical (unpaired) electrons. The molecule has 154 valence electrons. The fraction of sp³-hybridized carbons (Fsp3) is 0.462. The van der Waals surface area contributed by atoms with E-state index in [9.17, 15) is 48.3 Å². The first kappa shape index (κ1) is 23.2. The highest BCUT2D eigenvalue weighted by Crippen LogP contribution is 2.57. The van der Waals surface area contributed by atoms with Crippen molar-refractivity contribution >= 4 is 22.5 Å². The van der Waals surface area contributed by atoms with E-state index in [4.69, 9.17) is 11.6 Å². The molecule has 0 unspecified atom stereocenters. The number of benzene rings is 1. The van der Waals surface area contributed by atoms with E-state index in [0.717, 1.165) is 24.3 Å². The quantitative estimate of drug-likeness (QED) is 0.391. The van der Waals surface area contributed by atoms with Crippen LogP contribution in [-0.2, 0) is 0 Å². The van der Waals surface area contributed by atoms with Gasteiger partial charge in [-0.05, 0) is 24.3 Å². The summed E-state index contributed by atoms with van der Waals surface area (Å²) in [7, 11) is 1.20. The minimum Gasteiger partial charge on any atom is -0.497 e. The number of methoxy groups -OCH3 is 1. The van der Waals surface area contributed by atoms with Crippen LogP contribution in [0.2, 0.25) is 0 Å². The molecule has 0 heterocycles. The van der Waals surface area contributed by atoms with Crippen LogP contribution in [-0.4, -0.2) is 42.1 Å². The van der Waals surface area contributed by atoms with Crippen molar-refractivity contribution in [1.82, 2.24) is 0 Å². The number of rotatable bonds is 6. The van der Waals surface area contributed by atoms with Crippen molar-refractivity contribution in [3.63, 3.8) is 0 Å². The second-order valence-corrected chi connectivity index (χ2v) is 5.25. The summed E-state index contributed by atoms with van der Waals surface area (Å²) in [6.45, 7) is 0. The Kier molecular flexibility index (Phi) is 6.01. The summed E-state index contributed by atoms with van der Waals surface area (Å²) >= 11 is 4.76. The zero-order valence-corrected chi connectivity index (χ0v) is 13.5. The molecule has 0 aliphatic carbocycles. The summed E-state index contributed by atoms with van der Waals surface area (Å²) in [6.07, 6.45) is -7.24. The lowest BCUT2D eigenvalue weighted by Gasteiger charge is -2.36. The van der Waals surface area contributed by atoms with E-state index < -0.39 is 40.7 Å². The van der Waals surface area contributed by atoms with E-state index in [2.05, 4.69) is 9.73 Å². The molecule has 0 N–H and O–H groups in total. The fourth-order valence-electron chi connectivity index (χ4n) is 1.54. The summed E-state index contributed by atoms with van der Waals surface area (Å²) in [5.41, 5.74) is -0.623. The van der Waals surface area contributed by atoms with Gasteiger partial charge in [0, 0.05) is 0 Å². The Morgan fingerprint density at radius 2 is 1.22 bits per heavy atom. The van der Waals surface area contributed by atoms with Gasteiger partial charge in [-0.1, -0.05) is 11.6 Å². The van der Waals surface area contributed by atoms with E-state index in [1.54, 1.807) is 0 Å². The molecule has 27 heavy (non-hydrogen) atoms. The van der Waals surface area contributed by atoms with Crippen LogP contribution >= 0.6 is 11.6 Å². The first-order chi connectivity index (χ1) is 11.9. The number of nitrogens with zero attached hydrogens (tertiary/aromatic N) is 1. The van der Waals surface area contributed by atoms with E-state index >= 15 is 0 Å². The van der Waals surface area contributed by atoms with Crippen molar-refractivity contribution in [2.75, 3.05) is 7.11 Å². The zero-order valence-electron chi connectivity index (χ0n) is 12.7. The van der Waals surface area contributed by atoms with Gasteiger partial charge >= 0.3 is 29.9 Å². The Morgan fingerprint density at radius 1 is 0.778 bits per heavy atom. The lowest BCUT2D eigenvalue weighted by Crippen LogP contribution is -2.67. The molecular formula is C13H7ClF11NO. The third-order valence-corrected chi connectivity index (χ3v) is 3.42. The average Bonchev–Trinajstić information content (AvgIpc) is 2.53. The van der Waals surface area contributed by atoms with Crippen LogP contribution in [0.3, 0.4) is 0 Å². The fourth-order valence-corrected chi connectivity index (χ4v) is 1.76. The van der Waals surface area contributed by atoms with Crippen molar-refractivity contribution in [3.8, 4) is 5.75 Å². The molecule has 14 heteroatoms. The molecule has 1 aromatic carbocycles. The van der Waals surface area contributed by atoms with Crippen LogP contribution in [0.5, 0.6) is 5.75 Å². The number of hydrogen-bond acceptors (Lipinski definition) is 2. The molecule has 0 saturated carbocycles. The molecule has 0 bridgehead atoms. The largest absolute Gasteiger partial charge is 0.497 e. The van der Waals surface area contributed by atoms with Crippen LogP contribution in [0.15, 0.2) is 29.3 Å². The molecule has 1 rings (SSSR count). The minimum absolute atomic E-state index is 0.138. The van der Waals surface area contributed by atoms with Crippen LogP contribution < -0.4 is 4.74 Å². The molecule has 1 aromatic rings. The van der Waals surface area contributed by atoms with Crippen LogP contribution in [0.1, 0.15) is 0 Å². The molecule has 0 saturated heterocycles. The Bertz CT molecular complexity index is 697. The van der Waals surface area contributed by atoms with Gasteiger partial charge in [0.1, 0.15) is 5.75 Å². The SMILES string of the molecule is COc1ccc(N=C(Cl)C(F)(F)C(F)(F)C(F)(F)C(F)(F)C(F)(F)F)cc1. The van der Waals surface area contributed by atoms with E-state index in [0.29, 0.717) is 0 Å². The molecule has 0 atom stereocenters. The number of alkyl halides is 11. The van der Waals surface area contributed by atoms with Crippen molar-refractivity contribution in [1.29, 1.82) is 0 Å². The highest BCUT2D eigenvalue weighted by Gasteiger charge is 2.87. The molecule has 2 nitrogen and oxygen atoms in total. The maximum atomic E-state index is 13.6. The van der Waals surface area contributed by atoms with Gasteiger partial charge in [0.05, 0.1) is 12.8 Å². The van der Waals surface area contributed by atoms with Gasteiger partial charge in [0.15, 0.2) is 5.17 Å². The van der Waals surface area contributed by atoms with Gasteiger partial charge in [0.25, 0.3) is 0 Å². The lowest BCUT2D eigenvalue weighted by atomic mass is 9.98. The lowest BCUT2D eigenvalue weighted by molar-refractivity contribution is -0.414. The van der Waals surface area contributed by atoms with Gasteiger partial charge in [-0.15, -0.1) is 0 Å². The summed E-state index contributed by atoms with van der Waals surface area (Å²) in [5, 5.41) is -2.63. The Balaban J connectivity index is 3.38. The van der Waals surface area contributed by atoms with E-state index in [1.807, 2.05) is 0 Å². The number of hydrogen-bond donors (Lipinski definition) is 0. The Morgan fingerprint density at radius 3 is 1.59 bits per heavy atom. The van der Waals surface area contributed by atoms with Crippen LogP contribution in [0.25, 0.3) is 0 Å². The van der Waals surface area contributed by atoms with E-state index in [-0.39, 0.29) is 5.75 Å². The van der Waals surface area contributed by atoms with Crippen molar-refractivity contribution in [2.24, 2.45) is 4.99 Å². The van der Waals surface area contributed by atoms with Crippen molar-refractivity contribution < 1.29 is 53.0 Å². The zero-order chi connectivity index (χ0) is 21.5. The highest BCUT2D eigenvalue weighted by atomic mass is 35.5. The van der Waals surface area contributed by atoms with Crippen molar-refractivity contribution in [3.05, 3.63) is 24.3 Å². The highest BCUT2D eigenvalue weighted by molar-refractivity contribution is 6.67. The first-order valence-electron chi connectivity index (χ1n) is 6.40. The minimum atomic E-state index is -7.54. The van der Waals surface area contributed by atoms with Gasteiger partial charge in [-0.3, -0.25) is 0 Å². The number of ether oxygens (including phenoxy) is 1. The second kappa shape index (κ2) is 6.99. The Labute approximate surface area is 148 Å². The second-order valence-electron chi connectivity index (χ2n) is 4.90. The van der Waals surface area contributed by atoms with Crippen LogP contribution in [0, 0.1) is 0 Å². The predicted molar refractivity (Wildman–Crippen MR) is 71.8 cm³/mol. The van der Waals surface area contributed by atoms with E-state index in [1.165, 1.54) is 7.11 Å². The molecule has 0 amide bonds. The van der Waals surface area contributed by atoms with Crippen LogP contribution in [0.4, 0.5) is 54.0 Å². The average molecular weight is 438 g/mol. The normalized spacial score (nSPS) is 15.1. The topological polar surface area (TPSA) is 21.6 Å². The monoisotopic (exact) mass is 437 g/mol. The maximum absolute atomic E-state index is 13.6. The van der Waals surface area contributed by atoms with Gasteiger partial charge < -0.3 is 4.74 Å². The standard InChI is InChI=1S/C13H7ClF11NO/c1-27-7-4-2-6(3-5-7)26-8(14)9(15,16)10(17,18)11(19,20)12(21,22)13(23,24)25/h2-5H,1H3. The van der Waals surface area contributed by atoms with Gasteiger partial charge in [-0.2, -0.15) is 48.3 Å². The van der Waals surface area contributed by atoms with Gasteiger partial charge in [-0.25, -0.2) is 4.99 Å². The van der Waals surface area contributed by atoms with Gasteiger partial charge in [0.2, 0.25) is 0 Å². The Hall–Kier alpha value is -1.79. The summed E-state index contributed by atoms with van der Waals surface area (Å²) in [5.74, 6) is -28.5. The predicted octanol–water partition coefficient (Wildman–Crippen LogP) is 6.07. The molecule has 0 aliphatic rings. The smallest absolute Gasteiger partial charge is 0.460 e. The number of aliphatic imine (C=N–C) groups is 1. The molecular weight excluding hydrogens is 431 g/mol. The third kappa shape index (κ3) is 3.78. The summed E-state index contributed by atoms with van der Waals surface area (Å²) < 4.78 is 146. The molecule has 0 spiro atoms. The molecule has 0 aromatic heterocycles. The van der Waals surface area contributed by atoms with Crippen molar-refractivity contribution in [2.45, 2.75) is 29.9 Å². The first-order valence-corrected chi connectivity index (χ1v) is 6.78. The maximum Gasteiger partial charge on any atom is 0.460 e. The summed E-state index contributed by atoms with van der Waals surface area (Å²) in [4.78, 5) is 2.67. The third-order valence-electron chi connectivity index (χ3n) is 3.10. The number of halogens is 12.